The van der Waals surface area contributed by atoms with Gasteiger partial charge in [0.25, 0.3) is 0 Å². The van der Waals surface area contributed by atoms with E-state index in [0.29, 0.717) is 18.4 Å². The van der Waals surface area contributed by atoms with Crippen LogP contribution in [0.5, 0.6) is 0 Å². The molecule has 1 N–H and O–H groups in total. The van der Waals surface area contributed by atoms with Crippen molar-refractivity contribution in [3.05, 3.63) is 0 Å². The number of carbonyl (C=O) groups excluding carboxylic acids is 2. The summed E-state index contributed by atoms with van der Waals surface area (Å²) >= 11 is 0.675. The molecule has 0 saturated heterocycles. The lowest BCUT2D eigenvalue weighted by molar-refractivity contribution is -0.118. The first kappa shape index (κ1) is 12.3. The van der Waals surface area contributed by atoms with Crippen LogP contribution in [-0.4, -0.2) is 16.8 Å². The molecule has 13 heavy (non-hydrogen) atoms. The second-order valence-corrected chi connectivity index (χ2v) is 4.19. The van der Waals surface area contributed by atoms with E-state index in [1.54, 1.807) is 27.7 Å². The largest absolute Gasteiger partial charge is 0.451 e. The van der Waals surface area contributed by atoms with Crippen molar-refractivity contribution >= 4 is 23.2 Å². The lowest BCUT2D eigenvalue weighted by Gasteiger charge is -2.18. The molecule has 0 bridgehead atoms. The molecule has 0 aliphatic heterocycles. The number of hydrogen-bond donors (Lipinski definition) is 1. The van der Waals surface area contributed by atoms with Crippen molar-refractivity contribution in [1.29, 1.82) is 0 Å². The molecule has 0 radical (unpaired) electrons. The number of carbonyl (C=O) groups is 2. The Bertz CT molecular complexity index is 198. The SMILES string of the molecule is CCC(=O)NSC(=O)OC(C)(C)C. The summed E-state index contributed by atoms with van der Waals surface area (Å²) < 4.78 is 7.30. The number of nitrogens with one attached hydrogen (secondary N) is 1. The van der Waals surface area contributed by atoms with Crippen molar-refractivity contribution in [2.75, 3.05) is 0 Å². The third-order valence-electron chi connectivity index (χ3n) is 0.959. The Balaban J connectivity index is 3.71. The predicted octanol–water partition coefficient (Wildman–Crippen LogP) is 2.10. The van der Waals surface area contributed by atoms with E-state index in [4.69, 9.17) is 4.74 Å². The fraction of sp³-hybridized carbons (Fsp3) is 0.750. The highest BCUT2D eigenvalue weighted by Crippen LogP contribution is 2.12. The van der Waals surface area contributed by atoms with Crippen molar-refractivity contribution in [3.63, 3.8) is 0 Å². The number of rotatable bonds is 1. The standard InChI is InChI=1S/C8H15NO3S/c1-5-6(10)9-13-7(11)12-8(2,3)4/h5H2,1-4H3,(H,9,10). The molecule has 0 aromatic heterocycles. The number of amides is 1. The molecule has 0 aliphatic rings. The molecule has 0 fully saturated rings. The Kier molecular flexibility index (Phi) is 4.83. The summed E-state index contributed by atoms with van der Waals surface area (Å²) in [7, 11) is 0. The van der Waals surface area contributed by atoms with Gasteiger partial charge < -0.3 is 4.74 Å². The molecule has 5 heteroatoms. The third kappa shape index (κ3) is 7.64. The molecule has 4 nitrogen and oxygen atoms in total. The van der Waals surface area contributed by atoms with E-state index < -0.39 is 10.9 Å². The monoisotopic (exact) mass is 205 g/mol. The Hall–Kier alpha value is -0.710. The molecule has 0 heterocycles. The summed E-state index contributed by atoms with van der Waals surface area (Å²) in [6.07, 6.45) is 0.357. The molecule has 0 atom stereocenters. The fourth-order valence-corrected chi connectivity index (χ4v) is 1.07. The average Bonchev–Trinajstić information content (AvgIpc) is 1.97. The van der Waals surface area contributed by atoms with Crippen LogP contribution in [0.1, 0.15) is 34.1 Å². The molecule has 0 saturated carbocycles. The van der Waals surface area contributed by atoms with Gasteiger partial charge in [-0.25, -0.2) is 4.79 Å². The Labute approximate surface area is 82.5 Å². The van der Waals surface area contributed by atoms with E-state index in [2.05, 4.69) is 4.72 Å². The van der Waals surface area contributed by atoms with E-state index in [-0.39, 0.29) is 5.91 Å². The molecule has 0 spiro atoms. The number of ether oxygens (including phenoxy) is 1. The molecule has 0 aliphatic carbocycles. The van der Waals surface area contributed by atoms with Crippen LogP contribution in [0.25, 0.3) is 0 Å². The summed E-state index contributed by atoms with van der Waals surface area (Å²) in [5.74, 6) is -0.184. The van der Waals surface area contributed by atoms with Crippen molar-refractivity contribution in [2.24, 2.45) is 0 Å². The molecule has 0 unspecified atom stereocenters. The summed E-state index contributed by atoms with van der Waals surface area (Å²) in [6, 6.07) is 0. The topological polar surface area (TPSA) is 55.4 Å². The van der Waals surface area contributed by atoms with Crippen molar-refractivity contribution < 1.29 is 14.3 Å². The zero-order valence-corrected chi connectivity index (χ0v) is 9.16. The normalized spacial score (nSPS) is 10.8. The van der Waals surface area contributed by atoms with Crippen LogP contribution >= 0.6 is 11.9 Å². The summed E-state index contributed by atoms with van der Waals surface area (Å²) in [5, 5.41) is -0.491. The molecular weight excluding hydrogens is 190 g/mol. The zero-order valence-electron chi connectivity index (χ0n) is 8.34. The van der Waals surface area contributed by atoms with E-state index in [1.807, 2.05) is 0 Å². The predicted molar refractivity (Wildman–Crippen MR) is 52.3 cm³/mol. The van der Waals surface area contributed by atoms with Gasteiger partial charge in [0.15, 0.2) is 0 Å². The first-order valence-corrected chi connectivity index (χ1v) is 4.85. The van der Waals surface area contributed by atoms with Crippen molar-refractivity contribution in [1.82, 2.24) is 4.72 Å². The Morgan fingerprint density at radius 1 is 1.38 bits per heavy atom. The second kappa shape index (κ2) is 5.11. The molecule has 0 aromatic rings. The lowest BCUT2D eigenvalue weighted by atomic mass is 10.2. The van der Waals surface area contributed by atoms with Gasteiger partial charge in [-0.1, -0.05) is 6.92 Å². The molecule has 0 rings (SSSR count). The van der Waals surface area contributed by atoms with Gasteiger partial charge in [-0.2, -0.15) is 0 Å². The highest BCUT2D eigenvalue weighted by atomic mass is 32.2. The third-order valence-corrected chi connectivity index (χ3v) is 1.54. The smallest absolute Gasteiger partial charge is 0.388 e. The zero-order chi connectivity index (χ0) is 10.5. The fourth-order valence-electron chi connectivity index (χ4n) is 0.442. The van der Waals surface area contributed by atoms with Gasteiger partial charge >= 0.3 is 5.30 Å². The molecule has 76 valence electrons. The number of hydrogen-bond acceptors (Lipinski definition) is 4. The maximum Gasteiger partial charge on any atom is 0.388 e. The van der Waals surface area contributed by atoms with Crippen LogP contribution in [0.4, 0.5) is 4.79 Å². The van der Waals surface area contributed by atoms with Gasteiger partial charge in [-0.05, 0) is 20.8 Å². The van der Waals surface area contributed by atoms with E-state index in [0.717, 1.165) is 0 Å². The van der Waals surface area contributed by atoms with Gasteiger partial charge in [-0.15, -0.1) is 0 Å². The van der Waals surface area contributed by atoms with Gasteiger partial charge in [0, 0.05) is 6.42 Å². The van der Waals surface area contributed by atoms with Crippen LogP contribution in [0.2, 0.25) is 0 Å². The minimum atomic E-state index is -0.513. The van der Waals surface area contributed by atoms with Crippen LogP contribution < -0.4 is 4.72 Å². The minimum Gasteiger partial charge on any atom is -0.451 e. The van der Waals surface area contributed by atoms with Gasteiger partial charge in [-0.3, -0.25) is 9.52 Å². The van der Waals surface area contributed by atoms with E-state index in [9.17, 15) is 9.59 Å². The maximum atomic E-state index is 11.0. The highest BCUT2D eigenvalue weighted by molar-refractivity contribution is 8.12. The Morgan fingerprint density at radius 2 is 1.92 bits per heavy atom. The van der Waals surface area contributed by atoms with Gasteiger partial charge in [0.1, 0.15) is 5.60 Å². The van der Waals surface area contributed by atoms with Crippen molar-refractivity contribution in [2.45, 2.75) is 39.7 Å². The van der Waals surface area contributed by atoms with Crippen LogP contribution in [0.3, 0.4) is 0 Å². The van der Waals surface area contributed by atoms with Gasteiger partial charge in [0.05, 0.1) is 11.9 Å². The molecule has 1 amide bonds. The average molecular weight is 205 g/mol. The van der Waals surface area contributed by atoms with E-state index >= 15 is 0 Å². The minimum absolute atomic E-state index is 0.184. The lowest BCUT2D eigenvalue weighted by Crippen LogP contribution is -2.24. The van der Waals surface area contributed by atoms with Crippen LogP contribution in [-0.2, 0) is 9.53 Å². The highest BCUT2D eigenvalue weighted by Gasteiger charge is 2.17. The first-order chi connectivity index (χ1) is 5.85. The molecule has 0 aromatic carbocycles. The summed E-state index contributed by atoms with van der Waals surface area (Å²) in [6.45, 7) is 7.03. The van der Waals surface area contributed by atoms with Crippen molar-refractivity contribution in [3.8, 4) is 0 Å². The van der Waals surface area contributed by atoms with Gasteiger partial charge in [0.2, 0.25) is 5.91 Å². The first-order valence-electron chi connectivity index (χ1n) is 4.04. The Morgan fingerprint density at radius 3 is 2.31 bits per heavy atom. The van der Waals surface area contributed by atoms with E-state index in [1.165, 1.54) is 0 Å². The second-order valence-electron chi connectivity index (χ2n) is 3.45. The summed E-state index contributed by atoms with van der Waals surface area (Å²) in [5.41, 5.74) is -0.513. The maximum absolute atomic E-state index is 11.0. The summed E-state index contributed by atoms with van der Waals surface area (Å²) in [4.78, 5) is 21.7. The van der Waals surface area contributed by atoms with Crippen LogP contribution in [0, 0.1) is 0 Å². The quantitative estimate of drug-likeness (QED) is 0.526. The van der Waals surface area contributed by atoms with Crippen LogP contribution in [0.15, 0.2) is 0 Å². The molecular formula is C8H15NO3S.